The van der Waals surface area contributed by atoms with Crippen LogP contribution in [0.3, 0.4) is 0 Å². The first-order valence-corrected chi connectivity index (χ1v) is 9.89. The number of amides is 1. The average molecular weight is 396 g/mol. The number of fused-ring (bicyclic) bond motifs is 1. The van der Waals surface area contributed by atoms with E-state index >= 15 is 0 Å². The molecule has 2 aromatic carbocycles. The van der Waals surface area contributed by atoms with Crippen LogP contribution in [0.4, 0.5) is 10.8 Å². The lowest BCUT2D eigenvalue weighted by molar-refractivity contribution is -0.114. The van der Waals surface area contributed by atoms with Crippen molar-refractivity contribution in [1.82, 2.24) is 4.98 Å². The molecule has 6 nitrogen and oxygen atoms in total. The summed E-state index contributed by atoms with van der Waals surface area (Å²) in [5.41, 5.74) is 1.96. The Morgan fingerprint density at radius 2 is 1.88 bits per heavy atom. The quantitative estimate of drug-likeness (QED) is 0.698. The standard InChI is InChI=1S/C16H14ClN3O3S2/c1-9-7-12(8-14-15(9)19-16(24-14)18-10(2)21)20-25(22,23)13-5-3-11(17)4-6-13/h3-8,20H,1-2H3,(H,18,19,21). The zero-order valence-electron chi connectivity index (χ0n) is 13.3. The molecule has 0 atom stereocenters. The fraction of sp³-hybridized carbons (Fsp3) is 0.125. The maximum absolute atomic E-state index is 12.5. The predicted octanol–water partition coefficient (Wildman–Crippen LogP) is 4.02. The number of thiazole rings is 1. The van der Waals surface area contributed by atoms with Crippen LogP contribution >= 0.6 is 22.9 Å². The first-order chi connectivity index (χ1) is 11.7. The number of hydrogen-bond donors (Lipinski definition) is 2. The number of carbonyl (C=O) groups is 1. The van der Waals surface area contributed by atoms with E-state index in [1.54, 1.807) is 12.1 Å². The molecule has 0 bridgehead atoms. The lowest BCUT2D eigenvalue weighted by Crippen LogP contribution is -2.12. The Kier molecular flexibility index (Phi) is 4.68. The highest BCUT2D eigenvalue weighted by molar-refractivity contribution is 7.92. The summed E-state index contributed by atoms with van der Waals surface area (Å²) in [6.45, 7) is 3.24. The van der Waals surface area contributed by atoms with Crippen LogP contribution in [0.2, 0.25) is 5.02 Å². The third kappa shape index (κ3) is 3.92. The highest BCUT2D eigenvalue weighted by atomic mass is 35.5. The van der Waals surface area contributed by atoms with Crippen LogP contribution in [0, 0.1) is 6.92 Å². The van der Waals surface area contributed by atoms with E-state index in [9.17, 15) is 13.2 Å². The molecular weight excluding hydrogens is 382 g/mol. The zero-order chi connectivity index (χ0) is 18.2. The number of halogens is 1. The fourth-order valence-electron chi connectivity index (χ4n) is 2.29. The minimum atomic E-state index is -3.72. The number of rotatable bonds is 4. The Hall–Kier alpha value is -2.16. The van der Waals surface area contributed by atoms with Gasteiger partial charge in [0.05, 0.1) is 20.8 Å². The second-order valence-corrected chi connectivity index (χ2v) is 8.55. The number of nitrogens with one attached hydrogen (secondary N) is 2. The smallest absolute Gasteiger partial charge is 0.261 e. The molecular formula is C16H14ClN3O3S2. The lowest BCUT2D eigenvalue weighted by Gasteiger charge is -2.09. The van der Waals surface area contributed by atoms with E-state index in [0.29, 0.717) is 15.8 Å². The second kappa shape index (κ2) is 6.62. The number of sulfonamides is 1. The van der Waals surface area contributed by atoms with Gasteiger partial charge in [0.1, 0.15) is 0 Å². The first-order valence-electron chi connectivity index (χ1n) is 7.22. The van der Waals surface area contributed by atoms with Crippen LogP contribution in [0.25, 0.3) is 10.2 Å². The summed E-state index contributed by atoms with van der Waals surface area (Å²) < 4.78 is 28.3. The molecule has 0 aliphatic carbocycles. The molecule has 0 unspecified atom stereocenters. The number of hydrogen-bond acceptors (Lipinski definition) is 5. The van der Waals surface area contributed by atoms with Crippen molar-refractivity contribution in [3.8, 4) is 0 Å². The summed E-state index contributed by atoms with van der Waals surface area (Å²) >= 11 is 7.08. The molecule has 1 amide bonds. The van der Waals surface area contributed by atoms with E-state index < -0.39 is 10.0 Å². The van der Waals surface area contributed by atoms with E-state index in [4.69, 9.17) is 11.6 Å². The number of aryl methyl sites for hydroxylation is 1. The maximum atomic E-state index is 12.5. The molecule has 0 fully saturated rings. The van der Waals surface area contributed by atoms with Gasteiger partial charge in [-0.1, -0.05) is 22.9 Å². The van der Waals surface area contributed by atoms with Gasteiger partial charge in [0.25, 0.3) is 10.0 Å². The van der Waals surface area contributed by atoms with Gasteiger partial charge in [0, 0.05) is 11.9 Å². The van der Waals surface area contributed by atoms with Crippen molar-refractivity contribution in [3.63, 3.8) is 0 Å². The largest absolute Gasteiger partial charge is 0.302 e. The number of nitrogens with zero attached hydrogens (tertiary/aromatic N) is 1. The molecule has 1 heterocycles. The van der Waals surface area contributed by atoms with Crippen LogP contribution in [0.5, 0.6) is 0 Å². The van der Waals surface area contributed by atoms with E-state index in [0.717, 1.165) is 15.8 Å². The number of carbonyl (C=O) groups excluding carboxylic acids is 1. The summed E-state index contributed by atoms with van der Waals surface area (Å²) in [7, 11) is -3.72. The Labute approximate surface area is 153 Å². The van der Waals surface area contributed by atoms with Crippen LogP contribution in [0.15, 0.2) is 41.3 Å². The molecule has 3 rings (SSSR count). The minimum Gasteiger partial charge on any atom is -0.302 e. The number of anilines is 2. The topological polar surface area (TPSA) is 88.2 Å². The first kappa shape index (κ1) is 17.7. The Morgan fingerprint density at radius 1 is 1.20 bits per heavy atom. The van der Waals surface area contributed by atoms with E-state index in [1.807, 2.05) is 6.92 Å². The van der Waals surface area contributed by atoms with Crippen molar-refractivity contribution in [1.29, 1.82) is 0 Å². The van der Waals surface area contributed by atoms with Gasteiger partial charge in [-0.25, -0.2) is 13.4 Å². The molecule has 9 heteroatoms. The van der Waals surface area contributed by atoms with Crippen molar-refractivity contribution >= 4 is 59.9 Å². The van der Waals surface area contributed by atoms with Crippen molar-refractivity contribution in [2.75, 3.05) is 10.0 Å². The Morgan fingerprint density at radius 3 is 2.52 bits per heavy atom. The Bertz CT molecular complexity index is 1060. The molecule has 1 aromatic heterocycles. The van der Waals surface area contributed by atoms with Gasteiger partial charge in [-0.05, 0) is 48.9 Å². The summed E-state index contributed by atoms with van der Waals surface area (Å²) in [5.74, 6) is -0.208. The molecule has 0 radical (unpaired) electrons. The molecule has 2 N–H and O–H groups in total. The van der Waals surface area contributed by atoms with Crippen molar-refractivity contribution in [2.45, 2.75) is 18.7 Å². The SMILES string of the molecule is CC(=O)Nc1nc2c(C)cc(NS(=O)(=O)c3ccc(Cl)cc3)cc2s1. The molecule has 0 aliphatic rings. The highest BCUT2D eigenvalue weighted by Crippen LogP contribution is 2.32. The number of benzene rings is 2. The van der Waals surface area contributed by atoms with Crippen molar-refractivity contribution in [3.05, 3.63) is 47.0 Å². The maximum Gasteiger partial charge on any atom is 0.261 e. The highest BCUT2D eigenvalue weighted by Gasteiger charge is 2.16. The molecule has 0 saturated heterocycles. The average Bonchev–Trinajstić information content (AvgIpc) is 2.89. The third-order valence-corrected chi connectivity index (χ3v) is 5.91. The van der Waals surface area contributed by atoms with Gasteiger partial charge in [0.15, 0.2) is 5.13 Å². The Balaban J connectivity index is 1.95. The second-order valence-electron chi connectivity index (χ2n) is 5.40. The van der Waals surface area contributed by atoms with Gasteiger partial charge in [-0.15, -0.1) is 0 Å². The van der Waals surface area contributed by atoms with Crippen LogP contribution in [-0.2, 0) is 14.8 Å². The van der Waals surface area contributed by atoms with Crippen LogP contribution < -0.4 is 10.0 Å². The molecule has 0 spiro atoms. The van der Waals surface area contributed by atoms with Crippen molar-refractivity contribution in [2.24, 2.45) is 0 Å². The van der Waals surface area contributed by atoms with E-state index in [-0.39, 0.29) is 10.8 Å². The summed E-state index contributed by atoms with van der Waals surface area (Å²) in [6.07, 6.45) is 0. The van der Waals surface area contributed by atoms with Gasteiger partial charge in [-0.3, -0.25) is 9.52 Å². The molecule has 0 saturated carbocycles. The fourth-order valence-corrected chi connectivity index (χ4v) is 4.48. The normalized spacial score (nSPS) is 11.5. The molecule has 3 aromatic rings. The summed E-state index contributed by atoms with van der Waals surface area (Å²) in [6, 6.07) is 9.32. The van der Waals surface area contributed by atoms with E-state index in [2.05, 4.69) is 15.0 Å². The predicted molar refractivity (Wildman–Crippen MR) is 101 cm³/mol. The number of aromatic nitrogens is 1. The monoisotopic (exact) mass is 395 g/mol. The molecule has 130 valence electrons. The van der Waals surface area contributed by atoms with Crippen molar-refractivity contribution < 1.29 is 13.2 Å². The zero-order valence-corrected chi connectivity index (χ0v) is 15.7. The molecule has 0 aliphatic heterocycles. The van der Waals surface area contributed by atoms with Gasteiger partial charge >= 0.3 is 0 Å². The minimum absolute atomic E-state index is 0.123. The van der Waals surface area contributed by atoms with Crippen LogP contribution in [0.1, 0.15) is 12.5 Å². The van der Waals surface area contributed by atoms with Gasteiger partial charge in [0.2, 0.25) is 5.91 Å². The lowest BCUT2D eigenvalue weighted by atomic mass is 10.2. The van der Waals surface area contributed by atoms with Gasteiger partial charge < -0.3 is 5.32 Å². The summed E-state index contributed by atoms with van der Waals surface area (Å²) in [5, 5.41) is 3.58. The van der Waals surface area contributed by atoms with E-state index in [1.165, 1.54) is 42.5 Å². The third-order valence-electron chi connectivity index (χ3n) is 3.34. The van der Waals surface area contributed by atoms with Crippen LogP contribution in [-0.4, -0.2) is 19.3 Å². The molecule has 25 heavy (non-hydrogen) atoms. The van der Waals surface area contributed by atoms with Gasteiger partial charge in [-0.2, -0.15) is 0 Å². The summed E-state index contributed by atoms with van der Waals surface area (Å²) in [4.78, 5) is 15.6.